The summed E-state index contributed by atoms with van der Waals surface area (Å²) >= 11 is 2.88. The zero-order chi connectivity index (χ0) is 13.9. The molecule has 0 radical (unpaired) electrons. The topological polar surface area (TPSA) is 86.8 Å². The van der Waals surface area contributed by atoms with Gasteiger partial charge >= 0.3 is 0 Å². The van der Waals surface area contributed by atoms with Gasteiger partial charge in [-0.3, -0.25) is 4.98 Å². The minimum Gasteiger partial charge on any atom is -0.378 e. The number of hydrogen-bond acceptors (Lipinski definition) is 8. The summed E-state index contributed by atoms with van der Waals surface area (Å²) < 4.78 is 5.20. The summed E-state index contributed by atoms with van der Waals surface area (Å²) in [5.74, 6) is 0. The second kappa shape index (κ2) is 5.61. The smallest absolute Gasteiger partial charge is 0.203 e. The lowest BCUT2D eigenvalue weighted by atomic mass is 10.3. The first-order valence-electron chi connectivity index (χ1n) is 5.76. The largest absolute Gasteiger partial charge is 0.378 e. The molecule has 0 aromatic carbocycles. The van der Waals surface area contributed by atoms with Crippen LogP contribution in [0, 0.1) is 0 Å². The number of ether oxygens (including phenoxy) is 1. The highest BCUT2D eigenvalue weighted by Gasteiger charge is 2.17. The Morgan fingerprint density at radius 3 is 2.80 bits per heavy atom. The van der Waals surface area contributed by atoms with Crippen molar-refractivity contribution < 1.29 is 4.74 Å². The molecule has 3 rings (SSSR count). The first-order valence-corrected chi connectivity index (χ1v) is 7.39. The van der Waals surface area contributed by atoms with Crippen molar-refractivity contribution in [2.24, 2.45) is 0 Å². The van der Waals surface area contributed by atoms with Crippen LogP contribution < -0.4 is 5.73 Å². The highest BCUT2D eigenvalue weighted by atomic mass is 32.1. The van der Waals surface area contributed by atoms with E-state index in [0.717, 1.165) is 26.1 Å². The lowest BCUT2D eigenvalue weighted by Crippen LogP contribution is -1.90. The summed E-state index contributed by atoms with van der Waals surface area (Å²) in [7, 11) is 1.64. The molecule has 0 unspecified atom stereocenters. The molecule has 8 heteroatoms. The minimum absolute atomic E-state index is 0.422. The first-order chi connectivity index (χ1) is 9.78. The maximum absolute atomic E-state index is 5.65. The molecule has 0 bridgehead atoms. The molecule has 6 nitrogen and oxygen atoms in total. The molecule has 0 fully saturated rings. The van der Waals surface area contributed by atoms with E-state index in [0.29, 0.717) is 11.7 Å². The molecule has 0 aliphatic rings. The van der Waals surface area contributed by atoms with E-state index < -0.39 is 0 Å². The van der Waals surface area contributed by atoms with Crippen molar-refractivity contribution in [2.75, 3.05) is 12.8 Å². The van der Waals surface area contributed by atoms with Crippen LogP contribution in [0.4, 0.5) is 5.13 Å². The van der Waals surface area contributed by atoms with Gasteiger partial charge in [0.05, 0.1) is 17.2 Å². The Hall–Kier alpha value is -1.90. The third kappa shape index (κ3) is 2.53. The molecule has 0 aliphatic heterocycles. The van der Waals surface area contributed by atoms with Crippen molar-refractivity contribution in [3.8, 4) is 20.5 Å². The molecule has 3 heterocycles. The number of pyridine rings is 1. The molecule has 20 heavy (non-hydrogen) atoms. The van der Waals surface area contributed by atoms with E-state index in [-0.39, 0.29) is 0 Å². The molecular formula is C12H11N5OS2. The van der Waals surface area contributed by atoms with E-state index in [1.165, 1.54) is 11.3 Å². The van der Waals surface area contributed by atoms with Crippen LogP contribution in [0.3, 0.4) is 0 Å². The maximum atomic E-state index is 5.65. The molecule has 0 spiro atoms. The van der Waals surface area contributed by atoms with Crippen molar-refractivity contribution in [3.63, 3.8) is 0 Å². The SMILES string of the molecule is COCc1nc(-c2cccnc2)sc1-c1nnc(N)s1. The Labute approximate surface area is 123 Å². The van der Waals surface area contributed by atoms with E-state index >= 15 is 0 Å². The summed E-state index contributed by atoms with van der Waals surface area (Å²) in [6.07, 6.45) is 3.52. The van der Waals surface area contributed by atoms with E-state index in [9.17, 15) is 0 Å². The molecule has 102 valence electrons. The van der Waals surface area contributed by atoms with Crippen molar-refractivity contribution in [3.05, 3.63) is 30.2 Å². The quantitative estimate of drug-likeness (QED) is 0.796. The van der Waals surface area contributed by atoms with Gasteiger partial charge in [0.2, 0.25) is 5.13 Å². The number of nitrogen functional groups attached to an aromatic ring is 1. The number of methoxy groups -OCH3 is 1. The average Bonchev–Trinajstić information content (AvgIpc) is 3.07. The maximum Gasteiger partial charge on any atom is 0.203 e. The molecular weight excluding hydrogens is 294 g/mol. The molecule has 0 atom stereocenters. The molecule has 0 saturated heterocycles. The summed E-state index contributed by atoms with van der Waals surface area (Å²) in [5, 5.41) is 10.0. The zero-order valence-electron chi connectivity index (χ0n) is 10.6. The Kier molecular flexibility index (Phi) is 3.68. The molecule has 0 aliphatic carbocycles. The summed E-state index contributed by atoms with van der Waals surface area (Å²) in [4.78, 5) is 9.66. The van der Waals surface area contributed by atoms with E-state index in [1.807, 2.05) is 12.1 Å². The fraction of sp³-hybridized carbons (Fsp3) is 0.167. The summed E-state index contributed by atoms with van der Waals surface area (Å²) in [5.41, 5.74) is 7.46. The van der Waals surface area contributed by atoms with Crippen LogP contribution >= 0.6 is 22.7 Å². The number of rotatable bonds is 4. The number of aromatic nitrogens is 4. The van der Waals surface area contributed by atoms with E-state index in [4.69, 9.17) is 10.5 Å². The van der Waals surface area contributed by atoms with Crippen LogP contribution in [-0.2, 0) is 11.3 Å². The van der Waals surface area contributed by atoms with Crippen molar-refractivity contribution in [1.82, 2.24) is 20.2 Å². The Bertz CT molecular complexity index is 710. The van der Waals surface area contributed by atoms with Gasteiger partial charge < -0.3 is 10.5 Å². The van der Waals surface area contributed by atoms with Crippen LogP contribution in [0.15, 0.2) is 24.5 Å². The van der Waals surface area contributed by atoms with Gasteiger partial charge in [-0.25, -0.2) is 4.98 Å². The normalized spacial score (nSPS) is 10.8. The van der Waals surface area contributed by atoms with Gasteiger partial charge in [0.15, 0.2) is 5.01 Å². The van der Waals surface area contributed by atoms with Crippen LogP contribution in [0.1, 0.15) is 5.69 Å². The third-order valence-corrected chi connectivity index (χ3v) is 4.57. The third-order valence-electron chi connectivity index (χ3n) is 2.52. The molecule has 2 N–H and O–H groups in total. The lowest BCUT2D eigenvalue weighted by Gasteiger charge is -1.95. The predicted molar refractivity (Wildman–Crippen MR) is 79.4 cm³/mol. The Balaban J connectivity index is 2.07. The summed E-state index contributed by atoms with van der Waals surface area (Å²) in [6.45, 7) is 0.422. The molecule has 3 aromatic heterocycles. The Morgan fingerprint density at radius 2 is 2.15 bits per heavy atom. The number of nitrogens with two attached hydrogens (primary N) is 1. The van der Waals surface area contributed by atoms with Gasteiger partial charge in [0, 0.05) is 25.1 Å². The standard InChI is InChI=1S/C12H11N5OS2/c1-18-6-8-9(11-16-17-12(13)20-11)19-10(15-8)7-3-2-4-14-5-7/h2-5H,6H2,1H3,(H2,13,17). The van der Waals surface area contributed by atoms with Crippen molar-refractivity contribution >= 4 is 27.8 Å². The molecule has 0 saturated carbocycles. The number of hydrogen-bond donors (Lipinski definition) is 1. The first kappa shape index (κ1) is 13.1. The molecule has 0 amide bonds. The second-order valence-electron chi connectivity index (χ2n) is 3.92. The number of anilines is 1. The van der Waals surface area contributed by atoms with Gasteiger partial charge in [-0.15, -0.1) is 21.5 Å². The zero-order valence-corrected chi connectivity index (χ0v) is 12.2. The fourth-order valence-corrected chi connectivity index (χ4v) is 3.45. The van der Waals surface area contributed by atoms with Crippen LogP contribution in [-0.4, -0.2) is 27.3 Å². The van der Waals surface area contributed by atoms with Gasteiger partial charge in [-0.2, -0.15) is 0 Å². The van der Waals surface area contributed by atoms with Crippen LogP contribution in [0.5, 0.6) is 0 Å². The number of nitrogens with zero attached hydrogens (tertiary/aromatic N) is 4. The van der Waals surface area contributed by atoms with Crippen molar-refractivity contribution in [2.45, 2.75) is 6.61 Å². The van der Waals surface area contributed by atoms with Gasteiger partial charge in [0.25, 0.3) is 0 Å². The van der Waals surface area contributed by atoms with E-state index in [2.05, 4.69) is 20.2 Å². The Morgan fingerprint density at radius 1 is 1.25 bits per heavy atom. The predicted octanol–water partition coefficient (Wildman–Crippen LogP) is 2.45. The van der Waals surface area contributed by atoms with Crippen molar-refractivity contribution in [1.29, 1.82) is 0 Å². The van der Waals surface area contributed by atoms with Gasteiger partial charge in [-0.05, 0) is 12.1 Å². The van der Waals surface area contributed by atoms with E-state index in [1.54, 1.807) is 30.8 Å². The highest BCUT2D eigenvalue weighted by molar-refractivity contribution is 7.24. The molecule has 3 aromatic rings. The monoisotopic (exact) mass is 305 g/mol. The van der Waals surface area contributed by atoms with Gasteiger partial charge in [-0.1, -0.05) is 11.3 Å². The second-order valence-corrected chi connectivity index (χ2v) is 5.92. The summed E-state index contributed by atoms with van der Waals surface area (Å²) in [6, 6.07) is 3.86. The van der Waals surface area contributed by atoms with Crippen LogP contribution in [0.25, 0.3) is 20.5 Å². The fourth-order valence-electron chi connectivity index (χ4n) is 1.69. The highest BCUT2D eigenvalue weighted by Crippen LogP contribution is 2.37. The van der Waals surface area contributed by atoms with Gasteiger partial charge in [0.1, 0.15) is 5.01 Å². The lowest BCUT2D eigenvalue weighted by molar-refractivity contribution is 0.182. The number of thiazole rings is 1. The average molecular weight is 305 g/mol. The minimum atomic E-state index is 0.422. The van der Waals surface area contributed by atoms with Crippen LogP contribution in [0.2, 0.25) is 0 Å².